The minimum atomic E-state index is -0.989. The zero-order chi connectivity index (χ0) is 13.0. The molecular weight excluding hydrogens is 220 g/mol. The van der Waals surface area contributed by atoms with Crippen molar-refractivity contribution in [2.24, 2.45) is 5.92 Å². The molecule has 1 atom stereocenters. The largest absolute Gasteiger partial charge is 0.480 e. The molecule has 5 nitrogen and oxygen atoms in total. The third-order valence-electron chi connectivity index (χ3n) is 2.94. The molecule has 1 aliphatic rings. The summed E-state index contributed by atoms with van der Waals surface area (Å²) < 4.78 is 0. The molecule has 0 aromatic carbocycles. The fourth-order valence-corrected chi connectivity index (χ4v) is 1.69. The lowest BCUT2D eigenvalue weighted by Crippen LogP contribution is -2.51. The highest BCUT2D eigenvalue weighted by Gasteiger charge is 2.26. The van der Waals surface area contributed by atoms with E-state index in [9.17, 15) is 9.59 Å². The maximum atomic E-state index is 11.8. The molecule has 0 saturated heterocycles. The van der Waals surface area contributed by atoms with Gasteiger partial charge in [0, 0.05) is 13.1 Å². The van der Waals surface area contributed by atoms with Gasteiger partial charge in [-0.25, -0.2) is 9.59 Å². The fraction of sp³-hybridized carbons (Fsp3) is 0.667. The summed E-state index contributed by atoms with van der Waals surface area (Å²) in [5.41, 5.74) is 1.27. The molecule has 0 radical (unpaired) electrons. The lowest BCUT2D eigenvalue weighted by Gasteiger charge is -2.28. The van der Waals surface area contributed by atoms with Crippen LogP contribution in [0.5, 0.6) is 0 Å². The smallest absolute Gasteiger partial charge is 0.326 e. The van der Waals surface area contributed by atoms with E-state index >= 15 is 0 Å². The first-order valence-corrected chi connectivity index (χ1v) is 5.85. The number of rotatable bonds is 3. The van der Waals surface area contributed by atoms with Crippen LogP contribution in [-0.4, -0.2) is 41.1 Å². The molecule has 1 rings (SSSR count). The molecule has 0 bridgehead atoms. The van der Waals surface area contributed by atoms with E-state index in [-0.39, 0.29) is 11.9 Å². The predicted octanol–water partition coefficient (Wildman–Crippen LogP) is 1.46. The van der Waals surface area contributed by atoms with Crippen LogP contribution in [-0.2, 0) is 4.79 Å². The number of urea groups is 1. The van der Waals surface area contributed by atoms with Crippen LogP contribution in [0.25, 0.3) is 0 Å². The van der Waals surface area contributed by atoms with Crippen molar-refractivity contribution in [3.63, 3.8) is 0 Å². The van der Waals surface area contributed by atoms with Gasteiger partial charge in [0.05, 0.1) is 0 Å². The van der Waals surface area contributed by atoms with E-state index in [1.807, 2.05) is 13.0 Å². The summed E-state index contributed by atoms with van der Waals surface area (Å²) in [6.07, 6.45) is 2.85. The zero-order valence-electron chi connectivity index (χ0n) is 10.6. The zero-order valence-corrected chi connectivity index (χ0v) is 10.6. The molecule has 1 aliphatic heterocycles. The lowest BCUT2D eigenvalue weighted by atomic mass is 10.1. The Labute approximate surface area is 101 Å². The number of carboxylic acid groups (broad SMARTS) is 1. The molecule has 0 fully saturated rings. The normalized spacial score (nSPS) is 17.6. The third-order valence-corrected chi connectivity index (χ3v) is 2.94. The molecular formula is C12H20N2O3. The molecule has 1 unspecified atom stereocenters. The number of hydrogen-bond donors (Lipinski definition) is 2. The topological polar surface area (TPSA) is 69.6 Å². The maximum absolute atomic E-state index is 11.8. The summed E-state index contributed by atoms with van der Waals surface area (Å²) in [7, 11) is 0. The molecule has 0 aliphatic carbocycles. The molecule has 0 aromatic rings. The van der Waals surface area contributed by atoms with Gasteiger partial charge in [-0.3, -0.25) is 0 Å². The van der Waals surface area contributed by atoms with Crippen LogP contribution < -0.4 is 5.32 Å². The van der Waals surface area contributed by atoms with E-state index in [1.54, 1.807) is 18.7 Å². The summed E-state index contributed by atoms with van der Waals surface area (Å²) in [6, 6.07) is -1.12. The van der Waals surface area contributed by atoms with Crippen LogP contribution in [0, 0.1) is 5.92 Å². The first-order chi connectivity index (χ1) is 7.91. The van der Waals surface area contributed by atoms with E-state index in [1.165, 1.54) is 5.57 Å². The Morgan fingerprint density at radius 1 is 1.47 bits per heavy atom. The first kappa shape index (κ1) is 13.5. The number of carbonyl (C=O) groups is 2. The van der Waals surface area contributed by atoms with Crippen molar-refractivity contribution in [1.29, 1.82) is 0 Å². The average molecular weight is 240 g/mol. The van der Waals surface area contributed by atoms with Gasteiger partial charge in [-0.2, -0.15) is 0 Å². The highest BCUT2D eigenvalue weighted by molar-refractivity contribution is 5.82. The van der Waals surface area contributed by atoms with Gasteiger partial charge in [-0.05, 0) is 19.3 Å². The second-order valence-electron chi connectivity index (χ2n) is 4.76. The second kappa shape index (κ2) is 5.70. The van der Waals surface area contributed by atoms with E-state index in [0.717, 1.165) is 6.42 Å². The van der Waals surface area contributed by atoms with Crippen molar-refractivity contribution >= 4 is 12.0 Å². The average Bonchev–Trinajstić information content (AvgIpc) is 2.25. The minimum absolute atomic E-state index is 0.126. The Morgan fingerprint density at radius 2 is 2.12 bits per heavy atom. The molecule has 0 spiro atoms. The number of amides is 2. The highest BCUT2D eigenvalue weighted by atomic mass is 16.4. The Bertz CT molecular complexity index is 337. The van der Waals surface area contributed by atoms with Gasteiger partial charge in [0.15, 0.2) is 0 Å². The molecule has 17 heavy (non-hydrogen) atoms. The number of aliphatic carboxylic acids is 1. The Balaban J connectivity index is 2.56. The first-order valence-electron chi connectivity index (χ1n) is 5.85. The van der Waals surface area contributed by atoms with Crippen molar-refractivity contribution in [2.75, 3.05) is 13.1 Å². The van der Waals surface area contributed by atoms with Crippen molar-refractivity contribution in [3.05, 3.63) is 11.6 Å². The number of carboxylic acids is 1. The second-order valence-corrected chi connectivity index (χ2v) is 4.76. The van der Waals surface area contributed by atoms with E-state index in [2.05, 4.69) is 5.32 Å². The number of nitrogens with zero attached hydrogens (tertiary/aromatic N) is 1. The molecule has 0 saturated carbocycles. The predicted molar refractivity (Wildman–Crippen MR) is 64.7 cm³/mol. The Morgan fingerprint density at radius 3 is 2.53 bits per heavy atom. The van der Waals surface area contributed by atoms with Crippen molar-refractivity contribution in [2.45, 2.75) is 33.2 Å². The van der Waals surface area contributed by atoms with E-state index in [0.29, 0.717) is 13.1 Å². The van der Waals surface area contributed by atoms with E-state index < -0.39 is 12.0 Å². The molecule has 96 valence electrons. The van der Waals surface area contributed by atoms with Gasteiger partial charge < -0.3 is 15.3 Å². The number of nitrogens with one attached hydrogen (secondary N) is 1. The van der Waals surface area contributed by atoms with Crippen molar-refractivity contribution < 1.29 is 14.7 Å². The van der Waals surface area contributed by atoms with Crippen LogP contribution in [0.1, 0.15) is 27.2 Å². The molecule has 0 aromatic heterocycles. The van der Waals surface area contributed by atoms with Gasteiger partial charge >= 0.3 is 12.0 Å². The Kier molecular flexibility index (Phi) is 4.54. The van der Waals surface area contributed by atoms with Crippen LogP contribution in [0.2, 0.25) is 0 Å². The summed E-state index contributed by atoms with van der Waals surface area (Å²) in [5.74, 6) is -1.12. The quantitative estimate of drug-likeness (QED) is 0.734. The molecule has 2 amide bonds. The van der Waals surface area contributed by atoms with Gasteiger partial charge in [0.2, 0.25) is 0 Å². The highest BCUT2D eigenvalue weighted by Crippen LogP contribution is 2.10. The fourth-order valence-electron chi connectivity index (χ4n) is 1.69. The van der Waals surface area contributed by atoms with Crippen LogP contribution >= 0.6 is 0 Å². The maximum Gasteiger partial charge on any atom is 0.326 e. The monoisotopic (exact) mass is 240 g/mol. The van der Waals surface area contributed by atoms with Crippen LogP contribution in [0.15, 0.2) is 11.6 Å². The molecule has 5 heteroatoms. The summed E-state index contributed by atoms with van der Waals surface area (Å²) in [5, 5.41) is 11.5. The van der Waals surface area contributed by atoms with Gasteiger partial charge in [0.25, 0.3) is 0 Å². The molecule has 1 heterocycles. The van der Waals surface area contributed by atoms with Gasteiger partial charge in [-0.1, -0.05) is 25.5 Å². The third kappa shape index (κ3) is 3.76. The summed E-state index contributed by atoms with van der Waals surface area (Å²) >= 11 is 0. The molecule has 2 N–H and O–H groups in total. The van der Waals surface area contributed by atoms with Crippen molar-refractivity contribution in [1.82, 2.24) is 10.2 Å². The van der Waals surface area contributed by atoms with E-state index in [4.69, 9.17) is 5.11 Å². The standard InChI is InChI=1S/C12H20N2O3/c1-8(2)10(11(15)16)13-12(17)14-6-4-9(3)5-7-14/h4,8,10H,5-7H2,1-3H3,(H,13,17)(H,15,16). The number of hydrogen-bond acceptors (Lipinski definition) is 2. The number of carbonyl (C=O) groups excluding carboxylic acids is 1. The lowest BCUT2D eigenvalue weighted by molar-refractivity contribution is -0.140. The van der Waals surface area contributed by atoms with Gasteiger partial charge in [0.1, 0.15) is 6.04 Å². The summed E-state index contributed by atoms with van der Waals surface area (Å²) in [6.45, 7) is 6.79. The summed E-state index contributed by atoms with van der Waals surface area (Å²) in [4.78, 5) is 24.4. The van der Waals surface area contributed by atoms with Crippen LogP contribution in [0.3, 0.4) is 0 Å². The van der Waals surface area contributed by atoms with Crippen LogP contribution in [0.4, 0.5) is 4.79 Å². The SMILES string of the molecule is CC1=CCN(C(=O)NC(C(=O)O)C(C)C)CC1. The van der Waals surface area contributed by atoms with Crippen molar-refractivity contribution in [3.8, 4) is 0 Å². The minimum Gasteiger partial charge on any atom is -0.480 e. The van der Waals surface area contributed by atoms with Gasteiger partial charge in [-0.15, -0.1) is 0 Å². The Hall–Kier alpha value is -1.52.